The lowest BCUT2D eigenvalue weighted by atomic mass is 10.1. The first-order valence-corrected chi connectivity index (χ1v) is 9.23. The highest BCUT2D eigenvalue weighted by Gasteiger charge is 2.19. The molecule has 27 heavy (non-hydrogen) atoms. The Balaban J connectivity index is 1.83. The van der Waals surface area contributed by atoms with Gasteiger partial charge in [0.15, 0.2) is 0 Å². The van der Waals surface area contributed by atoms with E-state index in [-0.39, 0.29) is 11.5 Å². The van der Waals surface area contributed by atoms with Crippen molar-refractivity contribution < 1.29 is 9.53 Å². The van der Waals surface area contributed by atoms with Crippen LogP contribution in [0.5, 0.6) is 5.75 Å². The summed E-state index contributed by atoms with van der Waals surface area (Å²) in [6, 6.07) is 9.62. The number of nitrogens with zero attached hydrogens (tertiary/aromatic N) is 4. The van der Waals surface area contributed by atoms with E-state index in [9.17, 15) is 9.59 Å². The van der Waals surface area contributed by atoms with E-state index in [2.05, 4.69) is 20.6 Å². The fraction of sp³-hybridized carbons (Fsp3) is 0.278. The molecule has 1 aromatic carbocycles. The van der Waals surface area contributed by atoms with Gasteiger partial charge >= 0.3 is 0 Å². The number of carbonyl (C=O) groups is 1. The van der Waals surface area contributed by atoms with Crippen LogP contribution in [-0.2, 0) is 4.79 Å². The molecule has 1 atom stereocenters. The van der Waals surface area contributed by atoms with Crippen LogP contribution < -0.4 is 15.6 Å². The van der Waals surface area contributed by atoms with Crippen LogP contribution in [0.1, 0.15) is 24.9 Å². The predicted molar refractivity (Wildman–Crippen MR) is 103 cm³/mol. The van der Waals surface area contributed by atoms with E-state index in [0.29, 0.717) is 17.4 Å². The van der Waals surface area contributed by atoms with E-state index in [1.54, 1.807) is 19.9 Å². The minimum Gasteiger partial charge on any atom is -0.494 e. The third-order valence-electron chi connectivity index (χ3n) is 3.79. The second kappa shape index (κ2) is 8.09. The van der Waals surface area contributed by atoms with Crippen molar-refractivity contribution >= 4 is 22.4 Å². The van der Waals surface area contributed by atoms with E-state index in [4.69, 9.17) is 4.74 Å². The topological polar surface area (TPSA) is 99.0 Å². The van der Waals surface area contributed by atoms with Crippen molar-refractivity contribution in [1.82, 2.24) is 20.0 Å². The number of benzene rings is 1. The maximum atomic E-state index is 12.5. The molecule has 2 heterocycles. The van der Waals surface area contributed by atoms with Crippen LogP contribution in [0.4, 0.5) is 5.13 Å². The van der Waals surface area contributed by atoms with Crippen molar-refractivity contribution in [2.45, 2.75) is 26.8 Å². The van der Waals surface area contributed by atoms with Gasteiger partial charge in [0.2, 0.25) is 5.13 Å². The molecule has 0 fully saturated rings. The van der Waals surface area contributed by atoms with Gasteiger partial charge < -0.3 is 4.74 Å². The number of hydrogen-bond acceptors (Lipinski definition) is 7. The Bertz CT molecular complexity index is 997. The summed E-state index contributed by atoms with van der Waals surface area (Å²) in [5, 5.41) is 15.9. The van der Waals surface area contributed by atoms with Gasteiger partial charge in [-0.25, -0.2) is 4.68 Å². The normalized spacial score (nSPS) is 11.8. The Morgan fingerprint density at radius 2 is 1.96 bits per heavy atom. The van der Waals surface area contributed by atoms with Gasteiger partial charge in [0.05, 0.1) is 12.3 Å². The Morgan fingerprint density at radius 3 is 2.59 bits per heavy atom. The molecule has 0 saturated carbocycles. The molecule has 8 nitrogen and oxygen atoms in total. The van der Waals surface area contributed by atoms with Crippen molar-refractivity contribution in [1.29, 1.82) is 0 Å². The minimum absolute atomic E-state index is 0.360. The van der Waals surface area contributed by atoms with Gasteiger partial charge in [-0.3, -0.25) is 14.9 Å². The summed E-state index contributed by atoms with van der Waals surface area (Å²) in [5.74, 6) is 0.374. The van der Waals surface area contributed by atoms with Gasteiger partial charge in [-0.2, -0.15) is 5.10 Å². The number of anilines is 1. The average molecular weight is 385 g/mol. The highest BCUT2D eigenvalue weighted by Crippen LogP contribution is 2.21. The van der Waals surface area contributed by atoms with Crippen LogP contribution >= 0.6 is 11.3 Å². The Morgan fingerprint density at radius 1 is 1.22 bits per heavy atom. The predicted octanol–water partition coefficient (Wildman–Crippen LogP) is 2.67. The molecule has 1 amide bonds. The maximum absolute atomic E-state index is 12.5. The summed E-state index contributed by atoms with van der Waals surface area (Å²) in [6.07, 6.45) is 0. The first-order chi connectivity index (χ1) is 13.0. The molecule has 140 valence electrons. The van der Waals surface area contributed by atoms with Crippen LogP contribution in [0, 0.1) is 6.92 Å². The SMILES string of the molecule is CCOc1ccc(-c2ccc(=O)n([C@H](C)C(=O)Nc3nnc(C)s3)n2)cc1. The Kier molecular flexibility index (Phi) is 5.60. The largest absolute Gasteiger partial charge is 0.494 e. The molecule has 0 aliphatic rings. The van der Waals surface area contributed by atoms with Crippen molar-refractivity contribution in [2.24, 2.45) is 0 Å². The van der Waals surface area contributed by atoms with Crippen molar-refractivity contribution in [2.75, 3.05) is 11.9 Å². The van der Waals surface area contributed by atoms with Crippen molar-refractivity contribution in [3.05, 3.63) is 51.8 Å². The zero-order chi connectivity index (χ0) is 19.4. The van der Waals surface area contributed by atoms with E-state index < -0.39 is 6.04 Å². The molecule has 3 rings (SSSR count). The number of nitrogens with one attached hydrogen (secondary N) is 1. The summed E-state index contributed by atoms with van der Waals surface area (Å²) in [4.78, 5) is 24.7. The number of carbonyl (C=O) groups excluding carboxylic acids is 1. The smallest absolute Gasteiger partial charge is 0.267 e. The van der Waals surface area contributed by atoms with E-state index in [1.807, 2.05) is 31.2 Å². The van der Waals surface area contributed by atoms with Crippen LogP contribution in [-0.4, -0.2) is 32.5 Å². The molecular weight excluding hydrogens is 366 g/mol. The molecule has 0 spiro atoms. The fourth-order valence-corrected chi connectivity index (χ4v) is 3.01. The lowest BCUT2D eigenvalue weighted by molar-refractivity contribution is -0.119. The number of amides is 1. The quantitative estimate of drug-likeness (QED) is 0.700. The van der Waals surface area contributed by atoms with Crippen molar-refractivity contribution in [3.8, 4) is 17.0 Å². The summed E-state index contributed by atoms with van der Waals surface area (Å²) in [6.45, 7) is 5.91. The first-order valence-electron chi connectivity index (χ1n) is 8.42. The lowest BCUT2D eigenvalue weighted by Gasteiger charge is -2.14. The lowest BCUT2D eigenvalue weighted by Crippen LogP contribution is -2.33. The average Bonchev–Trinajstić information content (AvgIpc) is 3.07. The highest BCUT2D eigenvalue weighted by atomic mass is 32.1. The standard InChI is InChI=1S/C18H19N5O3S/c1-4-26-14-7-5-13(6-8-14)15-9-10-16(24)23(22-15)11(2)17(25)19-18-21-20-12(3)27-18/h5-11H,4H2,1-3H3,(H,19,21,25)/t11-/m1/s1. The zero-order valence-corrected chi connectivity index (χ0v) is 16.0. The van der Waals surface area contributed by atoms with Gasteiger partial charge in [0.25, 0.3) is 11.5 Å². The van der Waals surface area contributed by atoms with E-state index in [1.165, 1.54) is 17.4 Å². The number of aromatic nitrogens is 4. The molecule has 1 N–H and O–H groups in total. The van der Waals surface area contributed by atoms with E-state index in [0.717, 1.165) is 21.0 Å². The molecule has 0 saturated heterocycles. The third kappa shape index (κ3) is 4.37. The summed E-state index contributed by atoms with van der Waals surface area (Å²) >= 11 is 1.26. The number of rotatable bonds is 6. The van der Waals surface area contributed by atoms with Gasteiger partial charge in [0.1, 0.15) is 16.8 Å². The molecule has 0 unspecified atom stereocenters. The molecule has 0 aliphatic heterocycles. The summed E-state index contributed by atoms with van der Waals surface area (Å²) < 4.78 is 6.59. The molecule has 0 bridgehead atoms. The molecule has 2 aromatic heterocycles. The van der Waals surface area contributed by atoms with Crippen molar-refractivity contribution in [3.63, 3.8) is 0 Å². The van der Waals surface area contributed by atoms with Crippen LogP contribution in [0.25, 0.3) is 11.3 Å². The monoisotopic (exact) mass is 385 g/mol. The molecular formula is C18H19N5O3S. The fourth-order valence-electron chi connectivity index (χ4n) is 2.41. The Hall–Kier alpha value is -3.07. The van der Waals surface area contributed by atoms with Gasteiger partial charge in [-0.05, 0) is 51.1 Å². The molecule has 0 aliphatic carbocycles. The Labute approximate surface area is 159 Å². The number of ether oxygens (including phenoxy) is 1. The van der Waals surface area contributed by atoms with E-state index >= 15 is 0 Å². The first kappa shape index (κ1) is 18.7. The molecule has 3 aromatic rings. The second-order valence-electron chi connectivity index (χ2n) is 5.75. The zero-order valence-electron chi connectivity index (χ0n) is 15.2. The van der Waals surface area contributed by atoms with Gasteiger partial charge in [-0.1, -0.05) is 11.3 Å². The third-order valence-corrected chi connectivity index (χ3v) is 4.54. The highest BCUT2D eigenvalue weighted by molar-refractivity contribution is 7.15. The number of aryl methyl sites for hydroxylation is 1. The van der Waals surface area contributed by atoms with Crippen LogP contribution in [0.3, 0.4) is 0 Å². The molecule has 9 heteroatoms. The van der Waals surface area contributed by atoms with Crippen LogP contribution in [0.15, 0.2) is 41.2 Å². The number of hydrogen-bond donors (Lipinski definition) is 1. The van der Waals surface area contributed by atoms with Gasteiger partial charge in [0, 0.05) is 11.6 Å². The maximum Gasteiger partial charge on any atom is 0.267 e. The van der Waals surface area contributed by atoms with Gasteiger partial charge in [-0.15, -0.1) is 10.2 Å². The summed E-state index contributed by atoms with van der Waals surface area (Å²) in [7, 11) is 0. The molecule has 0 radical (unpaired) electrons. The summed E-state index contributed by atoms with van der Waals surface area (Å²) in [5.41, 5.74) is 1.05. The second-order valence-corrected chi connectivity index (χ2v) is 6.93. The van der Waals surface area contributed by atoms with Crippen LogP contribution in [0.2, 0.25) is 0 Å². The minimum atomic E-state index is -0.802.